The molecule has 3 rings (SSSR count). The standard InChI is InChI=1S/C27H28N4O6/c1-4-36-22-11-9-20(10-12-22)29-25(32)17-37-23-13-8-19(15-24(23)35-3)16-28-31-27(34)26(33)30-21-7-5-6-18(2)14-21/h5-16H,4,17H2,1-3H3,(H,29,32)(H,30,33)(H,31,34)/b28-16-. The molecule has 0 aliphatic carbocycles. The fraction of sp³-hybridized carbons (Fsp3) is 0.185. The molecule has 3 aromatic rings. The number of aryl methyl sites for hydroxylation is 1. The van der Waals surface area contributed by atoms with Gasteiger partial charge in [0.1, 0.15) is 5.75 Å². The number of ether oxygens (including phenoxy) is 3. The number of rotatable bonds is 10. The molecule has 3 N–H and O–H groups in total. The molecule has 0 aromatic heterocycles. The Labute approximate surface area is 214 Å². The van der Waals surface area contributed by atoms with Crippen LogP contribution in [0.25, 0.3) is 0 Å². The van der Waals surface area contributed by atoms with E-state index in [1.54, 1.807) is 60.7 Å². The second-order valence-corrected chi connectivity index (χ2v) is 7.73. The number of methoxy groups -OCH3 is 1. The van der Waals surface area contributed by atoms with Gasteiger partial charge in [-0.2, -0.15) is 5.10 Å². The van der Waals surface area contributed by atoms with Crippen LogP contribution in [0.1, 0.15) is 18.1 Å². The molecular formula is C27H28N4O6. The Morgan fingerprint density at radius 3 is 2.35 bits per heavy atom. The molecule has 192 valence electrons. The van der Waals surface area contributed by atoms with Crippen LogP contribution in [0, 0.1) is 6.92 Å². The third kappa shape index (κ3) is 8.39. The molecule has 10 nitrogen and oxygen atoms in total. The van der Waals surface area contributed by atoms with Gasteiger partial charge in [-0.3, -0.25) is 14.4 Å². The Kier molecular flexibility index (Phi) is 9.60. The van der Waals surface area contributed by atoms with Crippen molar-refractivity contribution < 1.29 is 28.6 Å². The fourth-order valence-corrected chi connectivity index (χ4v) is 3.15. The SMILES string of the molecule is CCOc1ccc(NC(=O)COc2ccc(/C=N\NC(=O)C(=O)Nc3cccc(C)c3)cc2OC)cc1. The van der Waals surface area contributed by atoms with Gasteiger partial charge in [-0.25, -0.2) is 5.43 Å². The van der Waals surface area contributed by atoms with E-state index in [1.165, 1.54) is 13.3 Å². The predicted octanol–water partition coefficient (Wildman–Crippen LogP) is 3.51. The number of hydrazone groups is 1. The zero-order valence-corrected chi connectivity index (χ0v) is 20.7. The molecule has 3 amide bonds. The molecule has 3 aromatic carbocycles. The number of anilines is 2. The minimum Gasteiger partial charge on any atom is -0.494 e. The van der Waals surface area contributed by atoms with Crippen LogP contribution in [0.15, 0.2) is 71.8 Å². The first-order valence-corrected chi connectivity index (χ1v) is 11.4. The Hall–Kier alpha value is -4.86. The topological polar surface area (TPSA) is 127 Å². The van der Waals surface area contributed by atoms with Crippen LogP contribution < -0.4 is 30.3 Å². The fourth-order valence-electron chi connectivity index (χ4n) is 3.15. The van der Waals surface area contributed by atoms with Gasteiger partial charge in [0.05, 0.1) is 19.9 Å². The maximum absolute atomic E-state index is 12.3. The molecule has 0 heterocycles. The first-order valence-electron chi connectivity index (χ1n) is 11.4. The van der Waals surface area contributed by atoms with E-state index in [4.69, 9.17) is 14.2 Å². The second kappa shape index (κ2) is 13.3. The number of benzene rings is 3. The minimum absolute atomic E-state index is 0.233. The van der Waals surface area contributed by atoms with E-state index in [9.17, 15) is 14.4 Å². The Bertz CT molecular complexity index is 1270. The maximum Gasteiger partial charge on any atom is 0.329 e. The van der Waals surface area contributed by atoms with Crippen molar-refractivity contribution in [3.63, 3.8) is 0 Å². The summed E-state index contributed by atoms with van der Waals surface area (Å²) in [6.45, 7) is 4.10. The normalized spacial score (nSPS) is 10.5. The lowest BCUT2D eigenvalue weighted by molar-refractivity contribution is -0.136. The summed E-state index contributed by atoms with van der Waals surface area (Å²) in [6.07, 6.45) is 1.35. The molecule has 0 saturated heterocycles. The molecule has 0 aliphatic rings. The van der Waals surface area contributed by atoms with Crippen molar-refractivity contribution in [1.29, 1.82) is 0 Å². The minimum atomic E-state index is -0.914. The summed E-state index contributed by atoms with van der Waals surface area (Å²) in [5, 5.41) is 9.06. The van der Waals surface area contributed by atoms with Gasteiger partial charge in [0.15, 0.2) is 18.1 Å². The molecule has 0 aliphatic heterocycles. The van der Waals surface area contributed by atoms with Crippen LogP contribution in [0.3, 0.4) is 0 Å². The van der Waals surface area contributed by atoms with Crippen molar-refractivity contribution >= 4 is 35.3 Å². The number of carbonyl (C=O) groups excluding carboxylic acids is 3. The largest absolute Gasteiger partial charge is 0.494 e. The van der Waals surface area contributed by atoms with Gasteiger partial charge in [-0.15, -0.1) is 0 Å². The zero-order chi connectivity index (χ0) is 26.6. The molecule has 0 radical (unpaired) electrons. The summed E-state index contributed by atoms with van der Waals surface area (Å²) in [5.74, 6) is -0.668. The van der Waals surface area contributed by atoms with Crippen molar-refractivity contribution in [2.45, 2.75) is 13.8 Å². The van der Waals surface area contributed by atoms with Gasteiger partial charge in [-0.05, 0) is 79.6 Å². The smallest absolute Gasteiger partial charge is 0.329 e. The van der Waals surface area contributed by atoms with Gasteiger partial charge in [-0.1, -0.05) is 12.1 Å². The Balaban J connectivity index is 1.50. The average molecular weight is 505 g/mol. The summed E-state index contributed by atoms with van der Waals surface area (Å²) in [6, 6.07) is 19.0. The second-order valence-electron chi connectivity index (χ2n) is 7.73. The molecule has 0 unspecified atom stereocenters. The number of hydrogen-bond donors (Lipinski definition) is 3. The van der Waals surface area contributed by atoms with Gasteiger partial charge >= 0.3 is 11.8 Å². The van der Waals surface area contributed by atoms with Crippen LogP contribution in [0.5, 0.6) is 17.2 Å². The van der Waals surface area contributed by atoms with E-state index in [0.717, 1.165) is 11.3 Å². The third-order valence-corrected chi connectivity index (χ3v) is 4.86. The van der Waals surface area contributed by atoms with E-state index < -0.39 is 11.8 Å². The predicted molar refractivity (Wildman–Crippen MR) is 140 cm³/mol. The van der Waals surface area contributed by atoms with E-state index in [-0.39, 0.29) is 12.5 Å². The maximum atomic E-state index is 12.3. The van der Waals surface area contributed by atoms with Crippen LogP contribution in [-0.2, 0) is 14.4 Å². The summed E-state index contributed by atoms with van der Waals surface area (Å²) in [4.78, 5) is 36.3. The number of amides is 3. The first kappa shape index (κ1) is 26.7. The zero-order valence-electron chi connectivity index (χ0n) is 20.7. The Morgan fingerprint density at radius 1 is 0.865 bits per heavy atom. The lowest BCUT2D eigenvalue weighted by Crippen LogP contribution is -2.32. The number of hydrogen-bond acceptors (Lipinski definition) is 7. The number of nitrogens with one attached hydrogen (secondary N) is 3. The summed E-state index contributed by atoms with van der Waals surface area (Å²) in [5.41, 5.74) is 4.83. The van der Waals surface area contributed by atoms with Gasteiger partial charge in [0.2, 0.25) is 0 Å². The van der Waals surface area contributed by atoms with Crippen molar-refractivity contribution in [2.75, 3.05) is 31.0 Å². The third-order valence-electron chi connectivity index (χ3n) is 4.86. The van der Waals surface area contributed by atoms with Crippen LogP contribution in [0.4, 0.5) is 11.4 Å². The molecule has 37 heavy (non-hydrogen) atoms. The molecule has 10 heteroatoms. The number of carbonyl (C=O) groups is 3. The highest BCUT2D eigenvalue weighted by molar-refractivity contribution is 6.39. The summed E-state index contributed by atoms with van der Waals surface area (Å²) < 4.78 is 16.3. The quantitative estimate of drug-likeness (QED) is 0.220. The summed E-state index contributed by atoms with van der Waals surface area (Å²) >= 11 is 0. The van der Waals surface area contributed by atoms with Gasteiger partial charge < -0.3 is 24.8 Å². The van der Waals surface area contributed by atoms with Gasteiger partial charge in [0, 0.05) is 11.4 Å². The van der Waals surface area contributed by atoms with E-state index >= 15 is 0 Å². The Morgan fingerprint density at radius 2 is 1.65 bits per heavy atom. The highest BCUT2D eigenvalue weighted by atomic mass is 16.5. The van der Waals surface area contributed by atoms with Crippen LogP contribution in [0.2, 0.25) is 0 Å². The lowest BCUT2D eigenvalue weighted by Gasteiger charge is -2.12. The highest BCUT2D eigenvalue weighted by Gasteiger charge is 2.13. The molecule has 0 saturated carbocycles. The average Bonchev–Trinajstić information content (AvgIpc) is 2.89. The van der Waals surface area contributed by atoms with Crippen LogP contribution in [-0.4, -0.2) is 44.3 Å². The van der Waals surface area contributed by atoms with E-state index in [1.807, 2.05) is 19.9 Å². The molecular weight excluding hydrogens is 476 g/mol. The lowest BCUT2D eigenvalue weighted by atomic mass is 10.2. The van der Waals surface area contributed by atoms with Crippen LogP contribution >= 0.6 is 0 Å². The molecule has 0 bridgehead atoms. The van der Waals surface area contributed by atoms with Crippen molar-refractivity contribution in [3.05, 3.63) is 77.9 Å². The first-order chi connectivity index (χ1) is 17.9. The van der Waals surface area contributed by atoms with E-state index in [2.05, 4.69) is 21.2 Å². The molecule has 0 fully saturated rings. The molecule has 0 spiro atoms. The highest BCUT2D eigenvalue weighted by Crippen LogP contribution is 2.27. The van der Waals surface area contributed by atoms with E-state index in [0.29, 0.717) is 35.0 Å². The number of nitrogens with zero attached hydrogens (tertiary/aromatic N) is 1. The van der Waals surface area contributed by atoms with Crippen molar-refractivity contribution in [1.82, 2.24) is 5.43 Å². The van der Waals surface area contributed by atoms with Gasteiger partial charge in [0.25, 0.3) is 5.91 Å². The molecule has 0 atom stereocenters. The monoisotopic (exact) mass is 504 g/mol. The van der Waals surface area contributed by atoms with Crippen molar-refractivity contribution in [2.24, 2.45) is 5.10 Å². The van der Waals surface area contributed by atoms with Crippen molar-refractivity contribution in [3.8, 4) is 17.2 Å². The summed E-state index contributed by atoms with van der Waals surface area (Å²) in [7, 11) is 1.46.